The minimum Gasteiger partial charge on any atom is -0.493 e. The van der Waals surface area contributed by atoms with Crippen molar-refractivity contribution < 1.29 is 9.47 Å². The van der Waals surface area contributed by atoms with Crippen molar-refractivity contribution in [2.45, 2.75) is 17.8 Å². The zero-order chi connectivity index (χ0) is 12.3. The summed E-state index contributed by atoms with van der Waals surface area (Å²) in [6.07, 6.45) is 1.81. The summed E-state index contributed by atoms with van der Waals surface area (Å²) in [4.78, 5) is 9.97. The van der Waals surface area contributed by atoms with E-state index in [0.29, 0.717) is 18.2 Å². The van der Waals surface area contributed by atoms with Crippen LogP contribution in [-0.2, 0) is 4.74 Å². The molecule has 0 saturated heterocycles. The average molecular weight is 253 g/mol. The summed E-state index contributed by atoms with van der Waals surface area (Å²) in [5.74, 6) is 1.24. The van der Waals surface area contributed by atoms with Crippen LogP contribution in [0, 0.1) is 10.8 Å². The summed E-state index contributed by atoms with van der Waals surface area (Å²) in [6.45, 7) is 0.652. The molecule has 1 aliphatic carbocycles. The molecule has 1 aromatic rings. The van der Waals surface area contributed by atoms with E-state index in [-0.39, 0.29) is 4.93 Å². The van der Waals surface area contributed by atoms with Gasteiger partial charge in [-0.05, 0) is 42.3 Å². The van der Waals surface area contributed by atoms with Crippen molar-refractivity contribution in [3.8, 4) is 5.75 Å². The second-order valence-electron chi connectivity index (χ2n) is 4.32. The lowest BCUT2D eigenvalue weighted by atomic mass is 9.82. The first kappa shape index (κ1) is 12.4. The molecule has 1 aromatic carbocycles. The number of rotatable bonds is 5. The third-order valence-corrected chi connectivity index (χ3v) is 3.57. The fourth-order valence-corrected chi connectivity index (χ4v) is 2.46. The number of nitrogens with zero attached hydrogens (tertiary/aromatic N) is 1. The summed E-state index contributed by atoms with van der Waals surface area (Å²) in [7, 11) is 1.68. The molecular formula is C12H15NO3S. The fraction of sp³-hybridized carbons (Fsp3) is 0.500. The van der Waals surface area contributed by atoms with Crippen molar-refractivity contribution in [1.29, 1.82) is 0 Å². The number of nitroso groups, excluding NO2 is 1. The Kier molecular flexibility index (Phi) is 3.69. The lowest BCUT2D eigenvalue weighted by Gasteiger charge is -2.42. The lowest BCUT2D eigenvalue weighted by molar-refractivity contribution is -0.0409. The highest BCUT2D eigenvalue weighted by Gasteiger charge is 2.41. The van der Waals surface area contributed by atoms with Gasteiger partial charge in [-0.3, -0.25) is 0 Å². The van der Waals surface area contributed by atoms with Gasteiger partial charge in [0.1, 0.15) is 16.4 Å². The first-order chi connectivity index (χ1) is 8.15. The van der Waals surface area contributed by atoms with Crippen LogP contribution in [0.1, 0.15) is 12.8 Å². The zero-order valence-electron chi connectivity index (χ0n) is 9.63. The lowest BCUT2D eigenvalue weighted by Crippen LogP contribution is -2.42. The monoisotopic (exact) mass is 253 g/mol. The number of thiol groups is 1. The highest BCUT2D eigenvalue weighted by molar-refractivity contribution is 7.81. The standard InChI is InChI=1S/C12H15NO3S/c1-15-12(17)6-9(7-12)8-16-11-4-2-10(13-14)3-5-11/h2-5,9,17H,6-8H2,1H3. The number of ether oxygens (including phenoxy) is 2. The summed E-state index contributed by atoms with van der Waals surface area (Å²) in [6, 6.07) is 6.78. The molecule has 0 spiro atoms. The quantitative estimate of drug-likeness (QED) is 0.498. The molecule has 1 saturated carbocycles. The van der Waals surface area contributed by atoms with Crippen molar-refractivity contribution in [2.75, 3.05) is 13.7 Å². The number of methoxy groups -OCH3 is 1. The topological polar surface area (TPSA) is 47.9 Å². The van der Waals surface area contributed by atoms with E-state index < -0.39 is 0 Å². The molecule has 0 N–H and O–H groups in total. The van der Waals surface area contributed by atoms with Crippen molar-refractivity contribution in [3.63, 3.8) is 0 Å². The van der Waals surface area contributed by atoms with Gasteiger partial charge in [-0.2, -0.15) is 0 Å². The maximum Gasteiger partial charge on any atom is 0.119 e. The van der Waals surface area contributed by atoms with Gasteiger partial charge in [-0.1, -0.05) is 0 Å². The van der Waals surface area contributed by atoms with E-state index in [1.807, 2.05) is 0 Å². The van der Waals surface area contributed by atoms with E-state index in [2.05, 4.69) is 17.8 Å². The largest absolute Gasteiger partial charge is 0.493 e. The summed E-state index contributed by atoms with van der Waals surface area (Å²) < 4.78 is 10.9. The van der Waals surface area contributed by atoms with Crippen LogP contribution in [0.3, 0.4) is 0 Å². The molecule has 92 valence electrons. The predicted octanol–water partition coefficient (Wildman–Crippen LogP) is 3.15. The van der Waals surface area contributed by atoms with Crippen molar-refractivity contribution in [3.05, 3.63) is 29.2 Å². The minimum atomic E-state index is -0.265. The van der Waals surface area contributed by atoms with Crippen molar-refractivity contribution in [1.82, 2.24) is 0 Å². The van der Waals surface area contributed by atoms with Gasteiger partial charge in [-0.15, -0.1) is 17.5 Å². The number of hydrogen-bond donors (Lipinski definition) is 1. The van der Waals surface area contributed by atoms with E-state index in [1.54, 1.807) is 31.4 Å². The average Bonchev–Trinajstić information content (AvgIpc) is 2.34. The maximum absolute atomic E-state index is 10.2. The Morgan fingerprint density at radius 3 is 2.59 bits per heavy atom. The first-order valence-electron chi connectivity index (χ1n) is 5.49. The molecule has 0 aromatic heterocycles. The number of benzene rings is 1. The molecule has 0 heterocycles. The smallest absolute Gasteiger partial charge is 0.119 e. The fourth-order valence-electron chi connectivity index (χ4n) is 1.94. The number of hydrogen-bond acceptors (Lipinski definition) is 5. The third kappa shape index (κ3) is 2.98. The normalized spacial score (nSPS) is 27.3. The van der Waals surface area contributed by atoms with Gasteiger partial charge in [0.05, 0.1) is 6.61 Å². The van der Waals surface area contributed by atoms with Crippen molar-refractivity contribution in [2.24, 2.45) is 11.1 Å². The van der Waals surface area contributed by atoms with Crippen LogP contribution >= 0.6 is 12.6 Å². The molecular weight excluding hydrogens is 238 g/mol. The summed E-state index contributed by atoms with van der Waals surface area (Å²) in [5.41, 5.74) is 0.412. The molecule has 0 bridgehead atoms. The molecule has 2 rings (SSSR count). The highest BCUT2D eigenvalue weighted by atomic mass is 32.1. The minimum absolute atomic E-state index is 0.265. The molecule has 0 aliphatic heterocycles. The van der Waals surface area contributed by atoms with Crippen molar-refractivity contribution >= 4 is 18.3 Å². The molecule has 17 heavy (non-hydrogen) atoms. The van der Waals surface area contributed by atoms with Gasteiger partial charge >= 0.3 is 0 Å². The molecule has 5 heteroatoms. The van der Waals surface area contributed by atoms with Crippen LogP contribution < -0.4 is 4.74 Å². The highest BCUT2D eigenvalue weighted by Crippen LogP contribution is 2.43. The Morgan fingerprint density at radius 1 is 1.41 bits per heavy atom. The van der Waals surface area contributed by atoms with E-state index >= 15 is 0 Å². The van der Waals surface area contributed by atoms with Crippen LogP contribution in [0.5, 0.6) is 5.75 Å². The van der Waals surface area contributed by atoms with E-state index in [0.717, 1.165) is 18.6 Å². The zero-order valence-corrected chi connectivity index (χ0v) is 10.5. The van der Waals surface area contributed by atoms with Gasteiger partial charge in [0.2, 0.25) is 0 Å². The van der Waals surface area contributed by atoms with Gasteiger partial charge in [0, 0.05) is 13.0 Å². The Bertz CT molecular complexity index is 387. The molecule has 1 fully saturated rings. The Balaban J connectivity index is 1.77. The summed E-state index contributed by atoms with van der Waals surface area (Å²) in [5, 5.41) is 2.83. The molecule has 4 nitrogen and oxygen atoms in total. The third-order valence-electron chi connectivity index (χ3n) is 3.02. The second-order valence-corrected chi connectivity index (χ2v) is 5.14. The van der Waals surface area contributed by atoms with Gasteiger partial charge < -0.3 is 9.47 Å². The molecule has 0 atom stereocenters. The van der Waals surface area contributed by atoms with E-state index in [4.69, 9.17) is 9.47 Å². The molecule has 0 radical (unpaired) electrons. The van der Waals surface area contributed by atoms with Crippen LogP contribution in [0.25, 0.3) is 0 Å². The predicted molar refractivity (Wildman–Crippen MR) is 68.8 cm³/mol. The van der Waals surface area contributed by atoms with Gasteiger partial charge in [0.15, 0.2) is 0 Å². The molecule has 1 aliphatic rings. The van der Waals surface area contributed by atoms with Gasteiger partial charge in [-0.25, -0.2) is 0 Å². The Hall–Kier alpha value is -1.07. The second kappa shape index (κ2) is 5.06. The molecule has 0 unspecified atom stereocenters. The Labute approximate surface area is 106 Å². The van der Waals surface area contributed by atoms with Crippen LogP contribution in [-0.4, -0.2) is 18.6 Å². The van der Waals surface area contributed by atoms with Crippen LogP contribution in [0.2, 0.25) is 0 Å². The SMILES string of the molecule is COC1(S)CC(COc2ccc(N=O)cc2)C1. The van der Waals surface area contributed by atoms with Crippen LogP contribution in [0.4, 0.5) is 5.69 Å². The van der Waals surface area contributed by atoms with Crippen LogP contribution in [0.15, 0.2) is 29.4 Å². The van der Waals surface area contributed by atoms with E-state index in [9.17, 15) is 4.91 Å². The van der Waals surface area contributed by atoms with E-state index in [1.165, 1.54) is 0 Å². The summed E-state index contributed by atoms with van der Waals surface area (Å²) >= 11 is 4.41. The van der Waals surface area contributed by atoms with Gasteiger partial charge in [0.25, 0.3) is 0 Å². The first-order valence-corrected chi connectivity index (χ1v) is 5.94. The maximum atomic E-state index is 10.2. The Morgan fingerprint density at radius 2 is 2.06 bits per heavy atom. The molecule has 0 amide bonds.